The van der Waals surface area contributed by atoms with E-state index in [1.165, 1.54) is 6.92 Å². The van der Waals surface area contributed by atoms with E-state index in [9.17, 15) is 4.79 Å². The van der Waals surface area contributed by atoms with E-state index in [-0.39, 0.29) is 12.6 Å². The summed E-state index contributed by atoms with van der Waals surface area (Å²) in [6, 6.07) is 7.53. The third-order valence-electron chi connectivity index (χ3n) is 2.82. The van der Waals surface area contributed by atoms with Gasteiger partial charge >= 0.3 is 5.97 Å². The molecular formula is C16H16O4. The topological polar surface area (TPSA) is 48.7 Å². The highest BCUT2D eigenvalue weighted by Gasteiger charge is 2.11. The fraction of sp³-hybridized carbons (Fsp3) is 0.188. The molecular weight excluding hydrogens is 256 g/mol. The summed E-state index contributed by atoms with van der Waals surface area (Å²) in [7, 11) is 1.61. The molecule has 0 saturated carbocycles. The molecule has 0 unspecified atom stereocenters. The van der Waals surface area contributed by atoms with Crippen LogP contribution in [0.3, 0.4) is 0 Å². The van der Waals surface area contributed by atoms with Gasteiger partial charge in [-0.2, -0.15) is 0 Å². The highest BCUT2D eigenvalue weighted by molar-refractivity contribution is 5.70. The lowest BCUT2D eigenvalue weighted by atomic mass is 10.1. The summed E-state index contributed by atoms with van der Waals surface area (Å²) in [5.41, 5.74) is 2.60. The molecule has 4 heteroatoms. The van der Waals surface area contributed by atoms with Gasteiger partial charge in [0.15, 0.2) is 0 Å². The summed E-state index contributed by atoms with van der Waals surface area (Å²) in [5, 5.41) is 0. The molecule has 1 aromatic heterocycles. The number of ether oxygens (including phenoxy) is 2. The fourth-order valence-corrected chi connectivity index (χ4v) is 1.82. The van der Waals surface area contributed by atoms with Crippen LogP contribution in [0.2, 0.25) is 0 Å². The Hall–Kier alpha value is -2.49. The Labute approximate surface area is 117 Å². The van der Waals surface area contributed by atoms with Gasteiger partial charge in [0.2, 0.25) is 0 Å². The first-order valence-corrected chi connectivity index (χ1v) is 6.15. The molecule has 2 rings (SSSR count). The first kappa shape index (κ1) is 13.9. The van der Waals surface area contributed by atoms with Gasteiger partial charge in [-0.1, -0.05) is 18.7 Å². The van der Waals surface area contributed by atoms with Crippen molar-refractivity contribution in [1.82, 2.24) is 0 Å². The van der Waals surface area contributed by atoms with E-state index >= 15 is 0 Å². The van der Waals surface area contributed by atoms with E-state index in [2.05, 4.69) is 6.58 Å². The number of rotatable bonds is 5. The average Bonchev–Trinajstić information content (AvgIpc) is 2.93. The molecule has 0 N–H and O–H groups in total. The van der Waals surface area contributed by atoms with Crippen LogP contribution in [0.25, 0.3) is 17.4 Å². The van der Waals surface area contributed by atoms with Crippen LogP contribution in [0, 0.1) is 0 Å². The molecule has 0 radical (unpaired) electrons. The zero-order valence-corrected chi connectivity index (χ0v) is 11.5. The lowest BCUT2D eigenvalue weighted by Gasteiger charge is -2.07. The third-order valence-corrected chi connectivity index (χ3v) is 2.82. The number of hydrogen-bond acceptors (Lipinski definition) is 4. The molecule has 0 atom stereocenters. The summed E-state index contributed by atoms with van der Waals surface area (Å²) in [5.74, 6) is 1.05. The smallest absolute Gasteiger partial charge is 0.302 e. The van der Waals surface area contributed by atoms with Gasteiger partial charge in [-0.25, -0.2) is 0 Å². The lowest BCUT2D eigenvalue weighted by molar-refractivity contribution is -0.142. The van der Waals surface area contributed by atoms with Crippen molar-refractivity contribution >= 4 is 12.0 Å². The van der Waals surface area contributed by atoms with Crippen LogP contribution in [-0.4, -0.2) is 13.1 Å². The summed E-state index contributed by atoms with van der Waals surface area (Å²) in [6.45, 7) is 5.32. The van der Waals surface area contributed by atoms with Crippen molar-refractivity contribution in [3.8, 4) is 17.1 Å². The molecule has 20 heavy (non-hydrogen) atoms. The first-order chi connectivity index (χ1) is 9.63. The second kappa shape index (κ2) is 6.10. The van der Waals surface area contributed by atoms with Gasteiger partial charge in [-0.15, -0.1) is 0 Å². The maximum absolute atomic E-state index is 10.8. The quantitative estimate of drug-likeness (QED) is 0.779. The van der Waals surface area contributed by atoms with Crippen LogP contribution in [-0.2, 0) is 16.1 Å². The zero-order valence-electron chi connectivity index (χ0n) is 11.5. The molecule has 0 amide bonds. The van der Waals surface area contributed by atoms with Gasteiger partial charge in [0.05, 0.1) is 18.9 Å². The second-order valence-electron chi connectivity index (χ2n) is 4.26. The summed E-state index contributed by atoms with van der Waals surface area (Å²) < 4.78 is 15.8. The number of methoxy groups -OCH3 is 1. The summed E-state index contributed by atoms with van der Waals surface area (Å²) in [4.78, 5) is 10.8. The van der Waals surface area contributed by atoms with E-state index in [1.807, 2.05) is 24.3 Å². The molecule has 104 valence electrons. The minimum Gasteiger partial charge on any atom is -0.496 e. The highest BCUT2D eigenvalue weighted by atomic mass is 16.5. The standard InChI is InChI=1S/C16H16O4/c1-4-12-5-6-15(18-3)14(7-12)16-8-13(10-20-16)9-19-11(2)17/h4-8,10H,1,9H2,2-3H3. The Bertz CT molecular complexity index is 625. The third kappa shape index (κ3) is 3.09. The van der Waals surface area contributed by atoms with Crippen LogP contribution in [0.5, 0.6) is 5.75 Å². The molecule has 0 bridgehead atoms. The molecule has 0 aliphatic heterocycles. The number of furan rings is 1. The van der Waals surface area contributed by atoms with E-state index in [0.717, 1.165) is 16.7 Å². The normalized spacial score (nSPS) is 10.1. The van der Waals surface area contributed by atoms with Gasteiger partial charge in [0.1, 0.15) is 18.1 Å². The largest absolute Gasteiger partial charge is 0.496 e. The number of benzene rings is 1. The molecule has 0 aliphatic rings. The van der Waals surface area contributed by atoms with Crippen LogP contribution in [0.4, 0.5) is 0 Å². The SMILES string of the molecule is C=Cc1ccc(OC)c(-c2cc(COC(C)=O)co2)c1. The predicted molar refractivity (Wildman–Crippen MR) is 76.3 cm³/mol. The Morgan fingerprint density at radius 3 is 2.85 bits per heavy atom. The Morgan fingerprint density at radius 1 is 1.40 bits per heavy atom. The summed E-state index contributed by atoms with van der Waals surface area (Å²) in [6.07, 6.45) is 3.32. The molecule has 1 aromatic carbocycles. The van der Waals surface area contributed by atoms with Crippen molar-refractivity contribution in [3.05, 3.63) is 48.2 Å². The highest BCUT2D eigenvalue weighted by Crippen LogP contribution is 2.32. The van der Waals surface area contributed by atoms with Crippen LogP contribution < -0.4 is 4.74 Å². The van der Waals surface area contributed by atoms with E-state index < -0.39 is 0 Å². The van der Waals surface area contributed by atoms with Crippen molar-refractivity contribution < 1.29 is 18.7 Å². The van der Waals surface area contributed by atoms with Gasteiger partial charge in [-0.05, 0) is 23.8 Å². The van der Waals surface area contributed by atoms with E-state index in [1.54, 1.807) is 19.4 Å². The zero-order chi connectivity index (χ0) is 14.5. The van der Waals surface area contributed by atoms with Gasteiger partial charge in [0, 0.05) is 12.5 Å². The molecule has 0 aliphatic carbocycles. The van der Waals surface area contributed by atoms with Crippen LogP contribution in [0.1, 0.15) is 18.1 Å². The molecule has 2 aromatic rings. The number of hydrogen-bond donors (Lipinski definition) is 0. The van der Waals surface area contributed by atoms with Gasteiger partial charge < -0.3 is 13.9 Å². The van der Waals surface area contributed by atoms with Crippen LogP contribution in [0.15, 0.2) is 41.5 Å². The Balaban J connectivity index is 2.31. The van der Waals surface area contributed by atoms with Crippen molar-refractivity contribution in [2.45, 2.75) is 13.5 Å². The van der Waals surface area contributed by atoms with Crippen molar-refractivity contribution in [2.75, 3.05) is 7.11 Å². The minimum atomic E-state index is -0.320. The van der Waals surface area contributed by atoms with Gasteiger partial charge in [0.25, 0.3) is 0 Å². The molecule has 0 spiro atoms. The molecule has 0 saturated heterocycles. The lowest BCUT2D eigenvalue weighted by Crippen LogP contribution is -1.97. The van der Waals surface area contributed by atoms with Crippen LogP contribution >= 0.6 is 0 Å². The predicted octanol–water partition coefficient (Wildman–Crippen LogP) is 3.66. The first-order valence-electron chi connectivity index (χ1n) is 6.15. The molecule has 4 nitrogen and oxygen atoms in total. The Morgan fingerprint density at radius 2 is 2.20 bits per heavy atom. The maximum atomic E-state index is 10.8. The van der Waals surface area contributed by atoms with Crippen molar-refractivity contribution in [1.29, 1.82) is 0 Å². The minimum absolute atomic E-state index is 0.197. The number of carbonyl (C=O) groups is 1. The van der Waals surface area contributed by atoms with Gasteiger partial charge in [-0.3, -0.25) is 4.79 Å². The fourth-order valence-electron chi connectivity index (χ4n) is 1.82. The number of carbonyl (C=O) groups excluding carboxylic acids is 1. The average molecular weight is 272 g/mol. The van der Waals surface area contributed by atoms with Crippen molar-refractivity contribution in [3.63, 3.8) is 0 Å². The maximum Gasteiger partial charge on any atom is 0.302 e. The Kier molecular flexibility index (Phi) is 4.25. The number of esters is 1. The molecule has 1 heterocycles. The molecule has 0 fully saturated rings. The monoisotopic (exact) mass is 272 g/mol. The van der Waals surface area contributed by atoms with Crippen molar-refractivity contribution in [2.24, 2.45) is 0 Å². The van der Waals surface area contributed by atoms with E-state index in [0.29, 0.717) is 11.5 Å². The second-order valence-corrected chi connectivity index (χ2v) is 4.26. The van der Waals surface area contributed by atoms with E-state index in [4.69, 9.17) is 13.9 Å². The summed E-state index contributed by atoms with van der Waals surface area (Å²) >= 11 is 0.